The average Bonchev–Trinajstić information content (AvgIpc) is 2.38. The summed E-state index contributed by atoms with van der Waals surface area (Å²) < 4.78 is 0. The Kier molecular flexibility index (Phi) is 3.52. The van der Waals surface area contributed by atoms with Crippen LogP contribution in [-0.4, -0.2) is 9.97 Å². The van der Waals surface area contributed by atoms with E-state index in [2.05, 4.69) is 35.7 Å². The number of hydrogen-bond donors (Lipinski definition) is 0. The molecule has 2 heterocycles. The molecule has 0 atom stereocenters. The summed E-state index contributed by atoms with van der Waals surface area (Å²) in [4.78, 5) is 8.58. The molecular weight excluding hydrogens is 208 g/mol. The second-order valence-corrected chi connectivity index (χ2v) is 4.07. The molecule has 2 aromatic rings. The van der Waals surface area contributed by atoms with E-state index in [1.54, 1.807) is 12.4 Å². The fourth-order valence-corrected chi connectivity index (χ4v) is 1.39. The Morgan fingerprint density at radius 3 is 2.53 bits per heavy atom. The molecule has 0 spiro atoms. The first-order valence-electron chi connectivity index (χ1n) is 5.65. The van der Waals surface area contributed by atoms with E-state index < -0.39 is 0 Å². The SMILES string of the molecule is CC(C)C#Cc1ccnc(-c2ccccn2)c1. The largest absolute Gasteiger partial charge is 0.255 e. The Labute approximate surface area is 102 Å². The lowest BCUT2D eigenvalue weighted by Gasteiger charge is -1.99. The van der Waals surface area contributed by atoms with Gasteiger partial charge < -0.3 is 0 Å². The lowest BCUT2D eigenvalue weighted by Crippen LogP contribution is -1.87. The molecule has 0 radical (unpaired) electrons. The topological polar surface area (TPSA) is 25.8 Å². The normalized spacial score (nSPS) is 9.82. The number of nitrogens with zero attached hydrogens (tertiary/aromatic N) is 2. The van der Waals surface area contributed by atoms with Gasteiger partial charge >= 0.3 is 0 Å². The Balaban J connectivity index is 2.33. The van der Waals surface area contributed by atoms with Gasteiger partial charge in [-0.2, -0.15) is 0 Å². The van der Waals surface area contributed by atoms with Crippen molar-refractivity contribution in [1.29, 1.82) is 0 Å². The van der Waals surface area contributed by atoms with Crippen LogP contribution in [0.1, 0.15) is 19.4 Å². The average molecular weight is 222 g/mol. The first kappa shape index (κ1) is 11.3. The maximum Gasteiger partial charge on any atom is 0.0898 e. The minimum Gasteiger partial charge on any atom is -0.255 e. The summed E-state index contributed by atoms with van der Waals surface area (Å²) in [6, 6.07) is 9.68. The predicted octanol–water partition coefficient (Wildman–Crippen LogP) is 3.15. The molecule has 0 aromatic carbocycles. The van der Waals surface area contributed by atoms with E-state index in [-0.39, 0.29) is 0 Å². The zero-order chi connectivity index (χ0) is 12.1. The summed E-state index contributed by atoms with van der Waals surface area (Å²) in [7, 11) is 0. The van der Waals surface area contributed by atoms with Crippen molar-refractivity contribution in [3.05, 3.63) is 48.3 Å². The smallest absolute Gasteiger partial charge is 0.0898 e. The van der Waals surface area contributed by atoms with Gasteiger partial charge in [-0.1, -0.05) is 31.8 Å². The van der Waals surface area contributed by atoms with Crippen LogP contribution in [-0.2, 0) is 0 Å². The molecule has 84 valence electrons. The van der Waals surface area contributed by atoms with E-state index in [1.807, 2.05) is 30.3 Å². The zero-order valence-electron chi connectivity index (χ0n) is 10.0. The highest BCUT2D eigenvalue weighted by Crippen LogP contribution is 2.14. The first-order chi connectivity index (χ1) is 8.25. The summed E-state index contributed by atoms with van der Waals surface area (Å²) in [6.07, 6.45) is 3.54. The molecular formula is C15H14N2. The van der Waals surface area contributed by atoms with Gasteiger partial charge in [-0.3, -0.25) is 9.97 Å². The molecule has 0 bridgehead atoms. The quantitative estimate of drug-likeness (QED) is 0.693. The van der Waals surface area contributed by atoms with Gasteiger partial charge in [0.2, 0.25) is 0 Å². The summed E-state index contributed by atoms with van der Waals surface area (Å²) in [6.45, 7) is 4.15. The van der Waals surface area contributed by atoms with Crippen LogP contribution in [0, 0.1) is 17.8 Å². The van der Waals surface area contributed by atoms with E-state index in [9.17, 15) is 0 Å². The van der Waals surface area contributed by atoms with Gasteiger partial charge in [-0.05, 0) is 24.3 Å². The number of aromatic nitrogens is 2. The molecule has 0 unspecified atom stereocenters. The highest BCUT2D eigenvalue weighted by Gasteiger charge is 1.99. The van der Waals surface area contributed by atoms with Crippen LogP contribution in [0.3, 0.4) is 0 Å². The zero-order valence-corrected chi connectivity index (χ0v) is 10.0. The monoisotopic (exact) mass is 222 g/mol. The molecule has 0 saturated carbocycles. The van der Waals surface area contributed by atoms with Crippen LogP contribution in [0.4, 0.5) is 0 Å². The van der Waals surface area contributed by atoms with Gasteiger partial charge in [0.1, 0.15) is 0 Å². The lowest BCUT2D eigenvalue weighted by atomic mass is 10.1. The van der Waals surface area contributed by atoms with Crippen LogP contribution in [0.15, 0.2) is 42.7 Å². The third-order valence-electron chi connectivity index (χ3n) is 2.19. The van der Waals surface area contributed by atoms with Crippen LogP contribution < -0.4 is 0 Å². The number of pyridine rings is 2. The standard InChI is InChI=1S/C15H14N2/c1-12(2)6-7-13-8-10-17-15(11-13)14-5-3-4-9-16-14/h3-5,8-12H,1-2H3. The highest BCUT2D eigenvalue weighted by molar-refractivity contribution is 5.56. The van der Waals surface area contributed by atoms with Gasteiger partial charge in [0.25, 0.3) is 0 Å². The fraction of sp³-hybridized carbons (Fsp3) is 0.200. The van der Waals surface area contributed by atoms with E-state index in [0.29, 0.717) is 5.92 Å². The number of hydrogen-bond acceptors (Lipinski definition) is 2. The minimum absolute atomic E-state index is 0.376. The molecule has 0 amide bonds. The third-order valence-corrected chi connectivity index (χ3v) is 2.19. The third kappa shape index (κ3) is 3.15. The number of rotatable bonds is 1. The van der Waals surface area contributed by atoms with Gasteiger partial charge in [0.05, 0.1) is 11.4 Å². The van der Waals surface area contributed by atoms with Crippen molar-refractivity contribution in [3.63, 3.8) is 0 Å². The molecule has 2 aromatic heterocycles. The van der Waals surface area contributed by atoms with Crippen molar-refractivity contribution in [2.45, 2.75) is 13.8 Å². The molecule has 17 heavy (non-hydrogen) atoms. The summed E-state index contributed by atoms with van der Waals surface area (Å²) in [5.74, 6) is 6.66. The Morgan fingerprint density at radius 2 is 1.82 bits per heavy atom. The molecule has 0 fully saturated rings. The van der Waals surface area contributed by atoms with E-state index in [0.717, 1.165) is 17.0 Å². The van der Waals surface area contributed by atoms with Crippen molar-refractivity contribution >= 4 is 0 Å². The molecule has 0 aliphatic carbocycles. The van der Waals surface area contributed by atoms with E-state index >= 15 is 0 Å². The van der Waals surface area contributed by atoms with Crippen molar-refractivity contribution in [2.75, 3.05) is 0 Å². The second-order valence-electron chi connectivity index (χ2n) is 4.07. The van der Waals surface area contributed by atoms with Gasteiger partial charge in [0.15, 0.2) is 0 Å². The molecule has 2 nitrogen and oxygen atoms in total. The highest BCUT2D eigenvalue weighted by atomic mass is 14.8. The van der Waals surface area contributed by atoms with Crippen LogP contribution in [0.25, 0.3) is 11.4 Å². The predicted molar refractivity (Wildman–Crippen MR) is 69.2 cm³/mol. The summed E-state index contributed by atoms with van der Waals surface area (Å²) in [5.41, 5.74) is 2.72. The maximum atomic E-state index is 4.31. The van der Waals surface area contributed by atoms with Gasteiger partial charge in [-0.15, -0.1) is 0 Å². The van der Waals surface area contributed by atoms with Crippen molar-refractivity contribution in [3.8, 4) is 23.2 Å². The molecule has 2 heteroatoms. The maximum absolute atomic E-state index is 4.31. The molecule has 0 aliphatic rings. The van der Waals surface area contributed by atoms with Crippen molar-refractivity contribution in [1.82, 2.24) is 9.97 Å². The first-order valence-corrected chi connectivity index (χ1v) is 5.65. The Hall–Kier alpha value is -2.14. The lowest BCUT2D eigenvalue weighted by molar-refractivity contribution is 0.866. The molecule has 0 aliphatic heterocycles. The van der Waals surface area contributed by atoms with Crippen LogP contribution >= 0.6 is 0 Å². The second kappa shape index (κ2) is 5.27. The summed E-state index contributed by atoms with van der Waals surface area (Å²) in [5, 5.41) is 0. The fourth-order valence-electron chi connectivity index (χ4n) is 1.39. The van der Waals surface area contributed by atoms with Gasteiger partial charge in [-0.25, -0.2) is 0 Å². The molecule has 2 rings (SSSR count). The van der Waals surface area contributed by atoms with E-state index in [1.165, 1.54) is 0 Å². The summed E-state index contributed by atoms with van der Waals surface area (Å²) >= 11 is 0. The van der Waals surface area contributed by atoms with Crippen molar-refractivity contribution in [2.24, 2.45) is 5.92 Å². The molecule has 0 saturated heterocycles. The molecule has 0 N–H and O–H groups in total. The van der Waals surface area contributed by atoms with Crippen LogP contribution in [0.2, 0.25) is 0 Å². The Morgan fingerprint density at radius 1 is 1.00 bits per heavy atom. The van der Waals surface area contributed by atoms with Gasteiger partial charge in [0, 0.05) is 23.9 Å². The van der Waals surface area contributed by atoms with Crippen molar-refractivity contribution < 1.29 is 0 Å². The minimum atomic E-state index is 0.376. The van der Waals surface area contributed by atoms with Crippen LogP contribution in [0.5, 0.6) is 0 Å². The van der Waals surface area contributed by atoms with E-state index in [4.69, 9.17) is 0 Å². The Bertz CT molecular complexity index is 548.